The van der Waals surface area contributed by atoms with E-state index in [0.29, 0.717) is 17.5 Å². The molecule has 0 fully saturated rings. The van der Waals surface area contributed by atoms with Crippen molar-refractivity contribution in [2.75, 3.05) is 0 Å². The summed E-state index contributed by atoms with van der Waals surface area (Å²) in [6, 6.07) is 53.3. The van der Waals surface area contributed by atoms with E-state index < -0.39 is 0 Å². The second kappa shape index (κ2) is 11.2. The maximum absolute atomic E-state index is 6.56. The van der Waals surface area contributed by atoms with Gasteiger partial charge in [0.2, 0.25) is 0 Å². The Bertz CT molecular complexity index is 2540. The van der Waals surface area contributed by atoms with Gasteiger partial charge in [0, 0.05) is 33.0 Å². The minimum atomic E-state index is 0.550. The van der Waals surface area contributed by atoms with Crippen LogP contribution in [0.3, 0.4) is 0 Å². The minimum absolute atomic E-state index is 0.550. The first-order valence-electron chi connectivity index (χ1n) is 15.6. The lowest BCUT2D eigenvalue weighted by molar-refractivity contribution is 0.672. The lowest BCUT2D eigenvalue weighted by Gasteiger charge is -2.12. The molecule has 5 nitrogen and oxygen atoms in total. The number of hydrogen-bond donors (Lipinski definition) is 0. The van der Waals surface area contributed by atoms with Gasteiger partial charge in [0.25, 0.3) is 0 Å². The number of benzene rings is 6. The fourth-order valence-electron chi connectivity index (χ4n) is 6.25. The number of aromatic nitrogens is 4. The molecule has 0 atom stereocenters. The topological polar surface area (TPSA) is 64.7 Å². The number of fused-ring (bicyclic) bond motifs is 5. The molecular weight excluding hydrogens is 576 g/mol. The van der Waals surface area contributed by atoms with Gasteiger partial charge >= 0.3 is 0 Å². The minimum Gasteiger partial charge on any atom is -0.455 e. The fraction of sp³-hybridized carbons (Fsp3) is 0. The molecule has 0 saturated carbocycles. The molecule has 0 unspecified atom stereocenters. The van der Waals surface area contributed by atoms with Crippen molar-refractivity contribution in [3.63, 3.8) is 0 Å². The van der Waals surface area contributed by atoms with E-state index in [-0.39, 0.29) is 0 Å². The number of para-hydroxylation sites is 2. The predicted molar refractivity (Wildman–Crippen MR) is 190 cm³/mol. The van der Waals surface area contributed by atoms with Crippen LogP contribution < -0.4 is 0 Å². The van der Waals surface area contributed by atoms with Crippen molar-refractivity contribution in [1.29, 1.82) is 0 Å². The van der Waals surface area contributed by atoms with Crippen molar-refractivity contribution in [3.8, 4) is 56.5 Å². The molecule has 0 aliphatic heterocycles. The van der Waals surface area contributed by atoms with Crippen LogP contribution in [0, 0.1) is 0 Å². The second-order valence-electron chi connectivity index (χ2n) is 11.4. The maximum Gasteiger partial charge on any atom is 0.166 e. The summed E-state index contributed by atoms with van der Waals surface area (Å²) in [5, 5.41) is 2.94. The van der Waals surface area contributed by atoms with Gasteiger partial charge < -0.3 is 4.42 Å². The van der Waals surface area contributed by atoms with E-state index in [9.17, 15) is 0 Å². The van der Waals surface area contributed by atoms with Gasteiger partial charge in [0.15, 0.2) is 17.5 Å². The zero-order valence-electron chi connectivity index (χ0n) is 25.2. The van der Waals surface area contributed by atoms with Crippen molar-refractivity contribution in [2.24, 2.45) is 0 Å². The Morgan fingerprint density at radius 3 is 1.57 bits per heavy atom. The third-order valence-corrected chi connectivity index (χ3v) is 8.54. The van der Waals surface area contributed by atoms with Gasteiger partial charge in [-0.15, -0.1) is 0 Å². The molecule has 0 radical (unpaired) electrons. The highest BCUT2D eigenvalue weighted by molar-refractivity contribution is 6.20. The Morgan fingerprint density at radius 2 is 0.872 bits per heavy atom. The zero-order chi connectivity index (χ0) is 31.2. The lowest BCUT2D eigenvalue weighted by atomic mass is 10.0. The van der Waals surface area contributed by atoms with Crippen LogP contribution in [-0.2, 0) is 0 Å². The van der Waals surface area contributed by atoms with E-state index in [1.165, 1.54) is 0 Å². The fourth-order valence-corrected chi connectivity index (χ4v) is 6.25. The lowest BCUT2D eigenvalue weighted by Crippen LogP contribution is -2.01. The second-order valence-corrected chi connectivity index (χ2v) is 11.4. The predicted octanol–water partition coefficient (Wildman–Crippen LogP) is 10.7. The Kier molecular flexibility index (Phi) is 6.39. The maximum atomic E-state index is 6.56. The molecule has 3 aromatic heterocycles. The van der Waals surface area contributed by atoms with E-state index in [4.69, 9.17) is 24.4 Å². The van der Waals surface area contributed by atoms with Crippen molar-refractivity contribution < 1.29 is 4.42 Å². The molecule has 6 aromatic carbocycles. The molecule has 220 valence electrons. The Labute approximate surface area is 270 Å². The van der Waals surface area contributed by atoms with Crippen molar-refractivity contribution in [1.82, 2.24) is 19.9 Å². The first-order chi connectivity index (χ1) is 23.3. The van der Waals surface area contributed by atoms with E-state index in [0.717, 1.165) is 71.9 Å². The summed E-state index contributed by atoms with van der Waals surface area (Å²) in [5.41, 5.74) is 9.19. The molecule has 3 heterocycles. The Balaban J connectivity index is 1.29. The molecule has 0 N–H and O–H groups in total. The van der Waals surface area contributed by atoms with Crippen molar-refractivity contribution in [3.05, 3.63) is 158 Å². The summed E-state index contributed by atoms with van der Waals surface area (Å²) in [5.74, 6) is 1.75. The molecule has 47 heavy (non-hydrogen) atoms. The van der Waals surface area contributed by atoms with Gasteiger partial charge in [-0.1, -0.05) is 140 Å². The highest BCUT2D eigenvalue weighted by atomic mass is 16.3. The van der Waals surface area contributed by atoms with Gasteiger partial charge in [-0.25, -0.2) is 19.9 Å². The molecule has 0 bridgehead atoms. The van der Waals surface area contributed by atoms with Gasteiger partial charge in [0.1, 0.15) is 11.2 Å². The normalized spacial score (nSPS) is 11.4. The summed E-state index contributed by atoms with van der Waals surface area (Å²) in [4.78, 5) is 20.5. The van der Waals surface area contributed by atoms with Crippen LogP contribution in [0.2, 0.25) is 0 Å². The number of furan rings is 1. The third-order valence-electron chi connectivity index (χ3n) is 8.54. The number of nitrogens with zero attached hydrogens (tertiary/aromatic N) is 4. The van der Waals surface area contributed by atoms with Crippen LogP contribution >= 0.6 is 0 Å². The monoisotopic (exact) mass is 602 g/mol. The van der Waals surface area contributed by atoms with Crippen LogP contribution in [-0.4, -0.2) is 19.9 Å². The first kappa shape index (κ1) is 26.9. The third kappa shape index (κ3) is 4.73. The molecule has 5 heteroatoms. The number of pyridine rings is 1. The number of hydrogen-bond acceptors (Lipinski definition) is 5. The summed E-state index contributed by atoms with van der Waals surface area (Å²) >= 11 is 0. The summed E-state index contributed by atoms with van der Waals surface area (Å²) in [6.45, 7) is 0. The summed E-state index contributed by atoms with van der Waals surface area (Å²) in [6.07, 6.45) is 0. The van der Waals surface area contributed by atoms with Crippen LogP contribution in [0.5, 0.6) is 0 Å². The zero-order valence-corrected chi connectivity index (χ0v) is 25.2. The van der Waals surface area contributed by atoms with E-state index in [1.807, 2.05) is 97.1 Å². The average Bonchev–Trinajstić information content (AvgIpc) is 3.55. The SMILES string of the molecule is c1ccc(-c2ccc(-c3nc(-c4ccccc4)nc(-c4cccc5c4nc(-c4ccccc4)c4c6ccccc6oc54)n3)cc2)cc1. The number of rotatable bonds is 5. The van der Waals surface area contributed by atoms with E-state index >= 15 is 0 Å². The molecule has 0 aliphatic rings. The quantitative estimate of drug-likeness (QED) is 0.196. The van der Waals surface area contributed by atoms with Crippen LogP contribution in [0.4, 0.5) is 0 Å². The molecule has 0 amide bonds. The molecule has 0 aliphatic carbocycles. The van der Waals surface area contributed by atoms with E-state index in [2.05, 4.69) is 60.7 Å². The highest BCUT2D eigenvalue weighted by Gasteiger charge is 2.21. The van der Waals surface area contributed by atoms with Crippen molar-refractivity contribution >= 4 is 32.8 Å². The van der Waals surface area contributed by atoms with Gasteiger partial charge in [-0.05, 0) is 29.3 Å². The summed E-state index contributed by atoms with van der Waals surface area (Å²) < 4.78 is 6.56. The molecule has 0 spiro atoms. The largest absolute Gasteiger partial charge is 0.455 e. The van der Waals surface area contributed by atoms with Gasteiger partial charge in [-0.2, -0.15) is 0 Å². The smallest absolute Gasteiger partial charge is 0.166 e. The van der Waals surface area contributed by atoms with Gasteiger partial charge in [0.05, 0.1) is 16.6 Å². The molecule has 9 rings (SSSR count). The van der Waals surface area contributed by atoms with Crippen molar-refractivity contribution in [2.45, 2.75) is 0 Å². The Morgan fingerprint density at radius 1 is 0.362 bits per heavy atom. The first-order valence-corrected chi connectivity index (χ1v) is 15.6. The Hall–Kier alpha value is -6.46. The highest BCUT2D eigenvalue weighted by Crippen LogP contribution is 2.41. The molecule has 9 aromatic rings. The van der Waals surface area contributed by atoms with Crippen LogP contribution in [0.1, 0.15) is 0 Å². The molecule has 0 saturated heterocycles. The average molecular weight is 603 g/mol. The van der Waals surface area contributed by atoms with Crippen LogP contribution in [0.25, 0.3) is 89.4 Å². The van der Waals surface area contributed by atoms with E-state index in [1.54, 1.807) is 0 Å². The summed E-state index contributed by atoms with van der Waals surface area (Å²) in [7, 11) is 0. The van der Waals surface area contributed by atoms with Gasteiger partial charge in [-0.3, -0.25) is 0 Å². The molecular formula is C42H26N4O. The standard InChI is InChI=1S/C42H26N4O/c1-4-13-27(14-5-1)28-23-25-31(26-24-28)41-44-40(30-17-8-3-9-18-30)45-42(46-41)34-21-12-20-33-38(34)43-37(29-15-6-2-7-16-29)36-32-19-10-11-22-35(32)47-39(33)36/h1-26H. The van der Waals surface area contributed by atoms with Crippen LogP contribution in [0.15, 0.2) is 162 Å².